The minimum Gasteiger partial charge on any atom is -0.478 e. The number of nitrogens with one attached hydrogen (secondary N) is 1. The van der Waals surface area contributed by atoms with Gasteiger partial charge in [-0.1, -0.05) is 6.07 Å². The van der Waals surface area contributed by atoms with Crippen molar-refractivity contribution in [2.24, 2.45) is 0 Å². The van der Waals surface area contributed by atoms with Gasteiger partial charge in [-0.05, 0) is 55.2 Å². The molecule has 0 saturated heterocycles. The molecule has 2 N–H and O–H groups in total. The fraction of sp³-hybridized carbons (Fsp3) is 0.278. The Morgan fingerprint density at radius 2 is 1.92 bits per heavy atom. The van der Waals surface area contributed by atoms with Crippen molar-refractivity contribution in [1.82, 2.24) is 9.88 Å². The van der Waals surface area contributed by atoms with Crippen molar-refractivity contribution >= 4 is 11.9 Å². The Kier molecular flexibility index (Phi) is 3.97. The molecule has 2 heterocycles. The van der Waals surface area contributed by atoms with Crippen LogP contribution in [0.15, 0.2) is 29.1 Å². The zero-order chi connectivity index (χ0) is 17.4. The Morgan fingerprint density at radius 3 is 2.58 bits per heavy atom. The van der Waals surface area contributed by atoms with Crippen molar-refractivity contribution in [2.45, 2.75) is 26.8 Å². The Hall–Kier alpha value is -2.89. The number of nitrogens with zero attached hydrogens (tertiary/aromatic N) is 1. The maximum atomic E-state index is 12.8. The number of hydrogen-bond acceptors (Lipinski definition) is 3. The van der Waals surface area contributed by atoms with Gasteiger partial charge in [-0.2, -0.15) is 0 Å². The number of aromatic carboxylic acids is 1. The van der Waals surface area contributed by atoms with Crippen molar-refractivity contribution in [1.29, 1.82) is 0 Å². The van der Waals surface area contributed by atoms with E-state index in [0.717, 1.165) is 11.1 Å². The fourth-order valence-corrected chi connectivity index (χ4v) is 3.14. The summed E-state index contributed by atoms with van der Waals surface area (Å²) in [7, 11) is 0. The molecule has 0 spiro atoms. The van der Waals surface area contributed by atoms with Crippen LogP contribution in [0.4, 0.5) is 0 Å². The molecular formula is C18H18N2O4. The number of H-pyrrole nitrogens is 1. The smallest absolute Gasteiger partial charge is 0.335 e. The number of aryl methyl sites for hydroxylation is 2. The van der Waals surface area contributed by atoms with E-state index in [2.05, 4.69) is 4.98 Å². The molecule has 1 aromatic carbocycles. The van der Waals surface area contributed by atoms with E-state index in [0.29, 0.717) is 30.8 Å². The molecule has 6 nitrogen and oxygen atoms in total. The van der Waals surface area contributed by atoms with E-state index in [-0.39, 0.29) is 22.6 Å². The highest BCUT2D eigenvalue weighted by molar-refractivity contribution is 5.95. The lowest BCUT2D eigenvalue weighted by Gasteiger charge is -2.29. The van der Waals surface area contributed by atoms with Crippen LogP contribution in [-0.4, -0.2) is 33.4 Å². The van der Waals surface area contributed by atoms with Crippen LogP contribution < -0.4 is 5.56 Å². The molecule has 0 fully saturated rings. The summed E-state index contributed by atoms with van der Waals surface area (Å²) in [5.74, 6) is -1.31. The zero-order valence-corrected chi connectivity index (χ0v) is 13.5. The molecule has 0 bridgehead atoms. The molecule has 0 radical (unpaired) electrons. The highest BCUT2D eigenvalue weighted by atomic mass is 16.4. The summed E-state index contributed by atoms with van der Waals surface area (Å²) in [5.41, 5.74) is 3.18. The van der Waals surface area contributed by atoms with Crippen LogP contribution in [0.2, 0.25) is 0 Å². The number of hydrogen-bond donors (Lipinski definition) is 2. The van der Waals surface area contributed by atoms with Gasteiger partial charge in [-0.25, -0.2) is 4.79 Å². The average Bonchev–Trinajstić information content (AvgIpc) is 2.52. The number of aromatic amines is 1. The number of benzene rings is 1. The van der Waals surface area contributed by atoms with E-state index < -0.39 is 5.97 Å². The highest BCUT2D eigenvalue weighted by Gasteiger charge is 2.25. The molecule has 6 heteroatoms. The summed E-state index contributed by atoms with van der Waals surface area (Å²) in [6.45, 7) is 4.33. The Labute approximate surface area is 138 Å². The molecule has 1 aliphatic rings. The summed E-state index contributed by atoms with van der Waals surface area (Å²) < 4.78 is 0. The molecule has 0 aliphatic carbocycles. The minimum absolute atomic E-state index is 0.151. The van der Waals surface area contributed by atoms with Crippen molar-refractivity contribution in [3.8, 4) is 0 Å². The molecule has 1 aliphatic heterocycles. The molecule has 2 aromatic rings. The average molecular weight is 326 g/mol. The van der Waals surface area contributed by atoms with E-state index in [9.17, 15) is 14.4 Å². The van der Waals surface area contributed by atoms with Crippen molar-refractivity contribution < 1.29 is 14.7 Å². The number of rotatable bonds is 2. The normalized spacial score (nSPS) is 13.5. The molecule has 0 saturated carbocycles. The van der Waals surface area contributed by atoms with Crippen molar-refractivity contribution in [3.05, 3.63) is 68.1 Å². The van der Waals surface area contributed by atoms with Gasteiger partial charge < -0.3 is 15.0 Å². The van der Waals surface area contributed by atoms with Gasteiger partial charge in [0.25, 0.3) is 11.5 Å². The Bertz CT molecular complexity index is 898. The largest absolute Gasteiger partial charge is 0.478 e. The number of fused-ring (bicyclic) bond motifs is 1. The van der Waals surface area contributed by atoms with Crippen molar-refractivity contribution in [2.75, 3.05) is 6.54 Å². The van der Waals surface area contributed by atoms with Gasteiger partial charge in [-0.15, -0.1) is 0 Å². The number of pyridine rings is 1. The maximum Gasteiger partial charge on any atom is 0.335 e. The van der Waals surface area contributed by atoms with Gasteiger partial charge in [0.15, 0.2) is 0 Å². The second-order valence-electron chi connectivity index (χ2n) is 6.10. The van der Waals surface area contributed by atoms with Crippen LogP contribution >= 0.6 is 0 Å². The van der Waals surface area contributed by atoms with E-state index >= 15 is 0 Å². The van der Waals surface area contributed by atoms with Crippen LogP contribution in [0.5, 0.6) is 0 Å². The number of carbonyl (C=O) groups excluding carboxylic acids is 1. The zero-order valence-electron chi connectivity index (χ0n) is 13.5. The number of carboxylic acids is 1. The lowest BCUT2D eigenvalue weighted by molar-refractivity contribution is 0.0696. The first-order valence-electron chi connectivity index (χ1n) is 7.71. The SMILES string of the molecule is Cc1cc(C)c(C(=O)N2CCc3ccc(C(=O)O)cc3C2)c(=O)[nH]1. The predicted octanol–water partition coefficient (Wildman–Crippen LogP) is 1.89. The maximum absolute atomic E-state index is 12.8. The lowest BCUT2D eigenvalue weighted by atomic mass is 9.96. The fourth-order valence-electron chi connectivity index (χ4n) is 3.14. The summed E-state index contributed by atoms with van der Waals surface area (Å²) in [6.07, 6.45) is 0.643. The molecule has 3 rings (SSSR count). The summed E-state index contributed by atoms with van der Waals surface area (Å²) >= 11 is 0. The van der Waals surface area contributed by atoms with Crippen LogP contribution in [0.1, 0.15) is 43.1 Å². The van der Waals surface area contributed by atoms with E-state index in [1.165, 1.54) is 0 Å². The minimum atomic E-state index is -0.993. The summed E-state index contributed by atoms with van der Waals surface area (Å²) in [6, 6.07) is 6.75. The van der Waals surface area contributed by atoms with E-state index in [4.69, 9.17) is 5.11 Å². The molecule has 24 heavy (non-hydrogen) atoms. The first kappa shape index (κ1) is 16.0. The Balaban J connectivity index is 1.93. The molecule has 1 amide bonds. The molecular weight excluding hydrogens is 308 g/mol. The van der Waals surface area contributed by atoms with Gasteiger partial charge in [0.1, 0.15) is 5.56 Å². The summed E-state index contributed by atoms with van der Waals surface area (Å²) in [5, 5.41) is 9.11. The summed E-state index contributed by atoms with van der Waals surface area (Å²) in [4.78, 5) is 40.3. The third-order valence-electron chi connectivity index (χ3n) is 4.33. The first-order valence-corrected chi connectivity index (χ1v) is 7.71. The molecule has 1 aromatic heterocycles. The second-order valence-corrected chi connectivity index (χ2v) is 6.10. The standard InChI is InChI=1S/C18H18N2O4/c1-10-7-11(2)19-16(21)15(10)17(22)20-6-5-12-3-4-13(18(23)24)8-14(12)9-20/h3-4,7-8H,5-6,9H2,1-2H3,(H,19,21)(H,23,24). The van der Waals surface area contributed by atoms with Gasteiger partial charge in [0, 0.05) is 18.8 Å². The third kappa shape index (κ3) is 2.82. The van der Waals surface area contributed by atoms with Crippen molar-refractivity contribution in [3.63, 3.8) is 0 Å². The number of aromatic nitrogens is 1. The van der Waals surface area contributed by atoms with E-state index in [1.54, 1.807) is 43.0 Å². The van der Waals surface area contributed by atoms with Gasteiger partial charge in [-0.3, -0.25) is 9.59 Å². The number of carbonyl (C=O) groups is 2. The van der Waals surface area contributed by atoms with Gasteiger partial charge in [0.05, 0.1) is 5.56 Å². The number of amides is 1. The third-order valence-corrected chi connectivity index (χ3v) is 4.33. The van der Waals surface area contributed by atoms with Crippen LogP contribution in [0, 0.1) is 13.8 Å². The highest BCUT2D eigenvalue weighted by Crippen LogP contribution is 2.22. The Morgan fingerprint density at radius 1 is 1.17 bits per heavy atom. The quantitative estimate of drug-likeness (QED) is 0.882. The lowest BCUT2D eigenvalue weighted by Crippen LogP contribution is -2.39. The second kappa shape index (κ2) is 5.96. The first-order chi connectivity index (χ1) is 11.4. The van der Waals surface area contributed by atoms with Gasteiger partial charge in [0.2, 0.25) is 0 Å². The van der Waals surface area contributed by atoms with Crippen LogP contribution in [0.3, 0.4) is 0 Å². The van der Waals surface area contributed by atoms with E-state index in [1.807, 2.05) is 0 Å². The molecule has 124 valence electrons. The molecule has 0 atom stereocenters. The molecule has 0 unspecified atom stereocenters. The predicted molar refractivity (Wildman–Crippen MR) is 88.4 cm³/mol. The van der Waals surface area contributed by atoms with Crippen LogP contribution in [0.25, 0.3) is 0 Å². The monoisotopic (exact) mass is 326 g/mol. The topological polar surface area (TPSA) is 90.5 Å². The van der Waals surface area contributed by atoms with Crippen LogP contribution in [-0.2, 0) is 13.0 Å². The van der Waals surface area contributed by atoms with Gasteiger partial charge >= 0.3 is 5.97 Å². The number of carboxylic acid groups (broad SMARTS) is 1.